The first-order chi connectivity index (χ1) is 16.1. The zero-order valence-electron chi connectivity index (χ0n) is 21.0. The number of nitriles is 1. The third-order valence-electron chi connectivity index (χ3n) is 5.99. The Labute approximate surface area is 202 Å². The van der Waals surface area contributed by atoms with E-state index < -0.39 is 8.53 Å². The number of fused-ring (bicyclic) bond motifs is 1. The summed E-state index contributed by atoms with van der Waals surface area (Å²) in [5.41, 5.74) is 0. The van der Waals surface area contributed by atoms with Crippen LogP contribution in [0.2, 0.25) is 0 Å². The van der Waals surface area contributed by atoms with Crippen molar-refractivity contribution in [2.75, 3.05) is 52.9 Å². The van der Waals surface area contributed by atoms with Crippen LogP contribution in [0.25, 0.3) is 0 Å². The van der Waals surface area contributed by atoms with E-state index in [-0.39, 0.29) is 0 Å². The lowest BCUT2D eigenvalue weighted by Crippen LogP contribution is -2.34. The van der Waals surface area contributed by atoms with Crippen LogP contribution in [-0.4, -0.2) is 69.6 Å². The Morgan fingerprint density at radius 2 is 1.33 bits per heavy atom. The minimum atomic E-state index is -1.21. The van der Waals surface area contributed by atoms with Crippen LogP contribution in [0.5, 0.6) is 0 Å². The fraction of sp³-hybridized carbons (Fsp3) is 0.880. The predicted octanol–water partition coefficient (Wildman–Crippen LogP) is 4.77. The highest BCUT2D eigenvalue weighted by atomic mass is 31.2. The van der Waals surface area contributed by atoms with E-state index in [1.807, 2.05) is 0 Å². The quantitative estimate of drug-likeness (QED) is 0.158. The van der Waals surface area contributed by atoms with Crippen molar-refractivity contribution < 1.29 is 23.3 Å². The van der Waals surface area contributed by atoms with Gasteiger partial charge in [-0.15, -0.1) is 11.8 Å². The Hall–Kier alpha value is -0.760. The van der Waals surface area contributed by atoms with Crippen LogP contribution in [0.3, 0.4) is 0 Å². The van der Waals surface area contributed by atoms with Crippen molar-refractivity contribution in [2.45, 2.75) is 71.9 Å². The summed E-state index contributed by atoms with van der Waals surface area (Å²) in [6, 6.07) is 2.70. The SMILES string of the molecule is CC(C)N(C(C)C)P(OCCC#N)OCCOCCOCCOCC1[C@H]2CCC#CCC[C@@H]12. The molecule has 2 aliphatic carbocycles. The van der Waals surface area contributed by atoms with Crippen LogP contribution < -0.4 is 0 Å². The largest absolute Gasteiger partial charge is 0.379 e. The Morgan fingerprint density at radius 1 is 0.818 bits per heavy atom. The molecule has 33 heavy (non-hydrogen) atoms. The smallest absolute Gasteiger partial charge is 0.259 e. The van der Waals surface area contributed by atoms with E-state index in [1.165, 1.54) is 12.8 Å². The third kappa shape index (κ3) is 11.0. The second-order valence-electron chi connectivity index (χ2n) is 9.10. The lowest BCUT2D eigenvalue weighted by atomic mass is 10.1. The number of hydrogen-bond acceptors (Lipinski definition) is 7. The Kier molecular flexibility index (Phi) is 14.5. The fourth-order valence-electron chi connectivity index (χ4n) is 4.43. The number of rotatable bonds is 18. The van der Waals surface area contributed by atoms with Crippen molar-refractivity contribution in [1.82, 2.24) is 4.67 Å². The molecule has 0 heterocycles. The molecule has 2 aliphatic rings. The zero-order valence-corrected chi connectivity index (χ0v) is 21.9. The lowest BCUT2D eigenvalue weighted by Gasteiger charge is -2.35. The second kappa shape index (κ2) is 16.8. The molecule has 188 valence electrons. The van der Waals surface area contributed by atoms with E-state index in [9.17, 15) is 0 Å². The summed E-state index contributed by atoms with van der Waals surface area (Å²) >= 11 is 0. The Morgan fingerprint density at radius 3 is 1.88 bits per heavy atom. The maximum absolute atomic E-state index is 8.77. The molecule has 1 saturated carbocycles. The third-order valence-corrected chi connectivity index (χ3v) is 8.09. The molecule has 1 fully saturated rings. The van der Waals surface area contributed by atoms with Crippen molar-refractivity contribution in [3.8, 4) is 17.9 Å². The predicted molar refractivity (Wildman–Crippen MR) is 130 cm³/mol. The van der Waals surface area contributed by atoms with E-state index in [0.717, 1.165) is 37.2 Å². The standard InChI is InChI=1S/C25H43N2O5P/c1-21(2)27(22(3)4)33(31-13-9-12-26)32-19-18-29-15-14-28-16-17-30-20-25-23-10-7-5-6-8-11-24(23)25/h21-25H,7-11,13-20H2,1-4H3/t23-,24+,25?,33?. The maximum Gasteiger partial charge on any atom is 0.259 e. The normalized spacial score (nSPS) is 22.9. The Bertz CT molecular complexity index is 605. The molecule has 7 nitrogen and oxygen atoms in total. The summed E-state index contributed by atoms with van der Waals surface area (Å²) < 4.78 is 31.1. The van der Waals surface area contributed by atoms with Crippen LogP contribution in [-0.2, 0) is 23.3 Å². The van der Waals surface area contributed by atoms with Gasteiger partial charge in [0.25, 0.3) is 8.53 Å². The minimum absolute atomic E-state index is 0.293. The highest BCUT2D eigenvalue weighted by Gasteiger charge is 2.48. The number of ether oxygens (including phenoxy) is 3. The van der Waals surface area contributed by atoms with Crippen molar-refractivity contribution in [3.05, 3.63) is 0 Å². The van der Waals surface area contributed by atoms with Crippen LogP contribution in [0.1, 0.15) is 59.8 Å². The molecule has 0 radical (unpaired) electrons. The molecule has 0 aromatic rings. The summed E-state index contributed by atoms with van der Waals surface area (Å²) in [6.45, 7) is 13.0. The van der Waals surface area contributed by atoms with Gasteiger partial charge in [-0.25, -0.2) is 4.67 Å². The number of nitrogens with zero attached hydrogens (tertiary/aromatic N) is 2. The van der Waals surface area contributed by atoms with E-state index in [1.54, 1.807) is 0 Å². The Balaban J connectivity index is 1.46. The van der Waals surface area contributed by atoms with Gasteiger partial charge in [0.15, 0.2) is 0 Å². The maximum atomic E-state index is 8.77. The summed E-state index contributed by atoms with van der Waals surface area (Å²) in [6.07, 6.45) is 4.94. The molecule has 0 aromatic carbocycles. The van der Waals surface area contributed by atoms with Gasteiger partial charge in [-0.1, -0.05) is 0 Å². The molecule has 0 aromatic heterocycles. The number of hydrogen-bond donors (Lipinski definition) is 0. The van der Waals surface area contributed by atoms with Gasteiger partial charge in [-0.3, -0.25) is 0 Å². The summed E-state index contributed by atoms with van der Waals surface area (Å²) in [7, 11) is -1.21. The molecule has 0 bridgehead atoms. The fourth-order valence-corrected chi connectivity index (χ4v) is 6.00. The highest BCUT2D eigenvalue weighted by molar-refractivity contribution is 7.44. The van der Waals surface area contributed by atoms with Crippen molar-refractivity contribution in [1.29, 1.82) is 5.26 Å². The molecule has 2 unspecified atom stereocenters. The van der Waals surface area contributed by atoms with E-state index >= 15 is 0 Å². The molecular weight excluding hydrogens is 439 g/mol. The first-order valence-corrected chi connectivity index (χ1v) is 13.6. The molecule has 2 rings (SSSR count). The minimum Gasteiger partial charge on any atom is -0.379 e. The first-order valence-electron chi connectivity index (χ1n) is 12.5. The summed E-state index contributed by atoms with van der Waals surface area (Å²) in [5.74, 6) is 8.91. The topological polar surface area (TPSA) is 73.2 Å². The van der Waals surface area contributed by atoms with Crippen LogP contribution in [0.4, 0.5) is 0 Å². The molecule has 0 aliphatic heterocycles. The van der Waals surface area contributed by atoms with Crippen LogP contribution in [0, 0.1) is 40.9 Å². The van der Waals surface area contributed by atoms with Gasteiger partial charge in [0, 0.05) is 24.9 Å². The van der Waals surface area contributed by atoms with E-state index in [0.29, 0.717) is 64.8 Å². The lowest BCUT2D eigenvalue weighted by molar-refractivity contribution is 0.00557. The van der Waals surface area contributed by atoms with E-state index in [4.69, 9.17) is 28.5 Å². The van der Waals surface area contributed by atoms with Gasteiger partial charge in [0.05, 0.1) is 65.3 Å². The summed E-state index contributed by atoms with van der Waals surface area (Å²) in [4.78, 5) is 0. The average molecular weight is 483 g/mol. The monoisotopic (exact) mass is 482 g/mol. The van der Waals surface area contributed by atoms with Crippen LogP contribution in [0.15, 0.2) is 0 Å². The average Bonchev–Trinajstić information content (AvgIpc) is 3.40. The molecule has 0 saturated heterocycles. The van der Waals surface area contributed by atoms with Gasteiger partial charge in [-0.05, 0) is 58.3 Å². The first kappa shape index (κ1) is 28.5. The van der Waals surface area contributed by atoms with Crippen molar-refractivity contribution >= 4 is 8.53 Å². The van der Waals surface area contributed by atoms with Gasteiger partial charge in [0.1, 0.15) is 0 Å². The molecular formula is C25H43N2O5P. The van der Waals surface area contributed by atoms with Gasteiger partial charge < -0.3 is 23.3 Å². The molecule has 0 N–H and O–H groups in total. The molecule has 0 amide bonds. The zero-order chi connectivity index (χ0) is 23.9. The van der Waals surface area contributed by atoms with Crippen LogP contribution >= 0.6 is 8.53 Å². The molecule has 8 heteroatoms. The molecule has 4 atom stereocenters. The van der Waals surface area contributed by atoms with Gasteiger partial charge >= 0.3 is 0 Å². The second-order valence-corrected chi connectivity index (χ2v) is 10.6. The van der Waals surface area contributed by atoms with Crippen molar-refractivity contribution in [3.63, 3.8) is 0 Å². The van der Waals surface area contributed by atoms with Crippen molar-refractivity contribution in [2.24, 2.45) is 17.8 Å². The highest BCUT2D eigenvalue weighted by Crippen LogP contribution is 2.52. The summed E-state index contributed by atoms with van der Waals surface area (Å²) in [5, 5.41) is 8.77. The van der Waals surface area contributed by atoms with Gasteiger partial charge in [0.2, 0.25) is 0 Å². The molecule has 0 spiro atoms. The van der Waals surface area contributed by atoms with E-state index in [2.05, 4.69) is 50.3 Å². The van der Waals surface area contributed by atoms with Gasteiger partial charge in [-0.2, -0.15) is 5.26 Å².